The van der Waals surface area contributed by atoms with E-state index in [2.05, 4.69) is 59.7 Å². The van der Waals surface area contributed by atoms with Crippen LogP contribution < -0.4 is 0 Å². The maximum Gasteiger partial charge on any atom is 0.0412 e. The van der Waals surface area contributed by atoms with Gasteiger partial charge in [0.1, 0.15) is 0 Å². The lowest BCUT2D eigenvalue weighted by atomic mass is 9.89. The van der Waals surface area contributed by atoms with Gasteiger partial charge in [-0.2, -0.15) is 0 Å². The molecule has 0 saturated heterocycles. The van der Waals surface area contributed by atoms with E-state index in [1.54, 1.807) is 0 Å². The van der Waals surface area contributed by atoms with Crippen molar-refractivity contribution in [3.8, 4) is 0 Å². The van der Waals surface area contributed by atoms with Crippen LogP contribution in [0.2, 0.25) is 0 Å². The Hall–Kier alpha value is -0.850. The molecule has 19 heavy (non-hydrogen) atoms. The Morgan fingerprint density at radius 2 is 1.47 bits per heavy atom. The Morgan fingerprint density at radius 1 is 0.842 bits per heavy atom. The van der Waals surface area contributed by atoms with Crippen LogP contribution in [0.3, 0.4) is 0 Å². The van der Waals surface area contributed by atoms with Gasteiger partial charge in [-0.3, -0.25) is 4.98 Å². The van der Waals surface area contributed by atoms with Crippen LogP contribution in [0.5, 0.6) is 0 Å². The average molecular weight is 261 g/mol. The van der Waals surface area contributed by atoms with Crippen LogP contribution in [0, 0.1) is 10.8 Å². The summed E-state index contributed by atoms with van der Waals surface area (Å²) in [6, 6.07) is 6.49. The molecule has 0 fully saturated rings. The molecule has 0 aliphatic heterocycles. The zero-order valence-electron chi connectivity index (χ0n) is 13.7. The van der Waals surface area contributed by atoms with Crippen molar-refractivity contribution in [3.05, 3.63) is 29.6 Å². The highest BCUT2D eigenvalue weighted by Crippen LogP contribution is 2.22. The molecule has 0 radical (unpaired) electrons. The molecule has 1 aromatic heterocycles. The van der Waals surface area contributed by atoms with Crippen molar-refractivity contribution in [2.75, 3.05) is 0 Å². The predicted molar refractivity (Wildman–Crippen MR) is 84.4 cm³/mol. The highest BCUT2D eigenvalue weighted by Gasteiger charge is 2.12. The SMILES string of the molecule is CC(C)(C)CCCCc1cccc(CC(C)(C)C)n1. The molecule has 108 valence electrons. The molecule has 1 heteroatoms. The molecule has 0 unspecified atom stereocenters. The lowest BCUT2D eigenvalue weighted by molar-refractivity contribution is 0.360. The summed E-state index contributed by atoms with van der Waals surface area (Å²) in [5.74, 6) is 0. The molecule has 0 aromatic carbocycles. The van der Waals surface area contributed by atoms with Gasteiger partial charge in [0.15, 0.2) is 0 Å². The van der Waals surface area contributed by atoms with Crippen LogP contribution in [-0.2, 0) is 12.8 Å². The largest absolute Gasteiger partial charge is 0.258 e. The second-order valence-corrected chi connectivity index (χ2v) is 8.13. The Balaban J connectivity index is 2.44. The van der Waals surface area contributed by atoms with Crippen molar-refractivity contribution < 1.29 is 0 Å². The first-order valence-electron chi connectivity index (χ1n) is 7.61. The van der Waals surface area contributed by atoms with Crippen LogP contribution in [0.4, 0.5) is 0 Å². The predicted octanol–water partition coefficient (Wildman–Crippen LogP) is 5.43. The van der Waals surface area contributed by atoms with Crippen molar-refractivity contribution >= 4 is 0 Å². The van der Waals surface area contributed by atoms with Gasteiger partial charge in [0.05, 0.1) is 0 Å². The van der Waals surface area contributed by atoms with Gasteiger partial charge in [-0.15, -0.1) is 0 Å². The van der Waals surface area contributed by atoms with E-state index in [0.717, 1.165) is 12.8 Å². The number of aromatic nitrogens is 1. The van der Waals surface area contributed by atoms with E-state index in [4.69, 9.17) is 4.98 Å². The first-order chi connectivity index (χ1) is 8.66. The number of hydrogen-bond donors (Lipinski definition) is 0. The third kappa shape index (κ3) is 8.02. The van der Waals surface area contributed by atoms with Crippen LogP contribution in [0.15, 0.2) is 18.2 Å². The minimum atomic E-state index is 0.317. The fourth-order valence-corrected chi connectivity index (χ4v) is 2.27. The molecular weight excluding hydrogens is 230 g/mol. The molecule has 0 N–H and O–H groups in total. The first kappa shape index (κ1) is 16.2. The van der Waals surface area contributed by atoms with Gasteiger partial charge in [-0.25, -0.2) is 0 Å². The summed E-state index contributed by atoms with van der Waals surface area (Å²) >= 11 is 0. The quantitative estimate of drug-likeness (QED) is 0.644. The molecule has 0 aliphatic rings. The smallest absolute Gasteiger partial charge is 0.0412 e. The van der Waals surface area contributed by atoms with Gasteiger partial charge in [0, 0.05) is 11.4 Å². The molecular formula is C18H31N. The van der Waals surface area contributed by atoms with Gasteiger partial charge >= 0.3 is 0 Å². The second-order valence-electron chi connectivity index (χ2n) is 8.13. The van der Waals surface area contributed by atoms with E-state index in [9.17, 15) is 0 Å². The number of rotatable bonds is 5. The summed E-state index contributed by atoms with van der Waals surface area (Å²) in [4.78, 5) is 4.79. The highest BCUT2D eigenvalue weighted by atomic mass is 14.7. The Labute approximate surface area is 119 Å². The summed E-state index contributed by atoms with van der Waals surface area (Å²) in [5.41, 5.74) is 3.27. The Morgan fingerprint density at radius 3 is 2.05 bits per heavy atom. The summed E-state index contributed by atoms with van der Waals surface area (Å²) in [7, 11) is 0. The molecule has 1 aromatic rings. The number of unbranched alkanes of at least 4 members (excludes halogenated alkanes) is 1. The van der Waals surface area contributed by atoms with Gasteiger partial charge in [-0.1, -0.05) is 54.0 Å². The number of pyridine rings is 1. The van der Waals surface area contributed by atoms with Crippen molar-refractivity contribution in [2.45, 2.75) is 73.6 Å². The van der Waals surface area contributed by atoms with E-state index in [1.165, 1.54) is 30.7 Å². The molecule has 0 saturated carbocycles. The van der Waals surface area contributed by atoms with E-state index >= 15 is 0 Å². The summed E-state index contributed by atoms with van der Waals surface area (Å²) in [5, 5.41) is 0. The van der Waals surface area contributed by atoms with Gasteiger partial charge < -0.3 is 0 Å². The van der Waals surface area contributed by atoms with Crippen LogP contribution in [0.25, 0.3) is 0 Å². The minimum absolute atomic E-state index is 0.317. The Bertz CT molecular complexity index is 379. The van der Waals surface area contributed by atoms with E-state index < -0.39 is 0 Å². The maximum absolute atomic E-state index is 4.79. The van der Waals surface area contributed by atoms with Crippen molar-refractivity contribution in [2.24, 2.45) is 10.8 Å². The van der Waals surface area contributed by atoms with Crippen molar-refractivity contribution in [1.82, 2.24) is 4.98 Å². The molecule has 0 amide bonds. The molecule has 1 heterocycles. The molecule has 0 bridgehead atoms. The van der Waals surface area contributed by atoms with Crippen LogP contribution in [0.1, 0.15) is 72.2 Å². The van der Waals surface area contributed by atoms with Crippen LogP contribution >= 0.6 is 0 Å². The second kappa shape index (κ2) is 6.54. The minimum Gasteiger partial charge on any atom is -0.258 e. The van der Waals surface area contributed by atoms with Crippen molar-refractivity contribution in [3.63, 3.8) is 0 Å². The van der Waals surface area contributed by atoms with Gasteiger partial charge in [0.25, 0.3) is 0 Å². The number of hydrogen-bond acceptors (Lipinski definition) is 1. The number of aryl methyl sites for hydroxylation is 1. The molecule has 1 rings (SSSR count). The van der Waals surface area contributed by atoms with Crippen molar-refractivity contribution in [1.29, 1.82) is 0 Å². The number of nitrogens with zero attached hydrogens (tertiary/aromatic N) is 1. The third-order valence-electron chi connectivity index (χ3n) is 3.19. The van der Waals surface area contributed by atoms with E-state index in [1.807, 2.05) is 0 Å². The molecule has 0 aliphatic carbocycles. The van der Waals surface area contributed by atoms with E-state index in [-0.39, 0.29) is 0 Å². The fraction of sp³-hybridized carbons (Fsp3) is 0.722. The standard InChI is InChI=1S/C18H31N/c1-17(2,3)13-8-7-10-15-11-9-12-16(19-15)14-18(4,5)6/h9,11-12H,7-8,10,13-14H2,1-6H3. The summed E-state index contributed by atoms with van der Waals surface area (Å²) in [6.07, 6.45) is 6.03. The Kier molecular flexibility index (Phi) is 5.58. The lowest BCUT2D eigenvalue weighted by Gasteiger charge is -2.18. The summed E-state index contributed by atoms with van der Waals surface area (Å²) in [6.45, 7) is 13.7. The monoisotopic (exact) mass is 261 g/mol. The highest BCUT2D eigenvalue weighted by molar-refractivity contribution is 5.12. The molecule has 1 nitrogen and oxygen atoms in total. The lowest BCUT2D eigenvalue weighted by Crippen LogP contribution is -2.11. The van der Waals surface area contributed by atoms with Gasteiger partial charge in [-0.05, 0) is 48.6 Å². The molecule has 0 spiro atoms. The zero-order chi connectivity index (χ0) is 14.5. The molecule has 0 atom stereocenters. The first-order valence-corrected chi connectivity index (χ1v) is 7.61. The normalized spacial score (nSPS) is 12.7. The third-order valence-corrected chi connectivity index (χ3v) is 3.19. The topological polar surface area (TPSA) is 12.9 Å². The van der Waals surface area contributed by atoms with Crippen LogP contribution in [-0.4, -0.2) is 4.98 Å². The average Bonchev–Trinajstić information content (AvgIpc) is 2.21. The van der Waals surface area contributed by atoms with E-state index in [0.29, 0.717) is 10.8 Å². The maximum atomic E-state index is 4.79. The van der Waals surface area contributed by atoms with Gasteiger partial charge in [0.2, 0.25) is 0 Å². The zero-order valence-corrected chi connectivity index (χ0v) is 13.7. The fourth-order valence-electron chi connectivity index (χ4n) is 2.27. The summed E-state index contributed by atoms with van der Waals surface area (Å²) < 4.78 is 0.